The maximum absolute atomic E-state index is 14.8. The summed E-state index contributed by atoms with van der Waals surface area (Å²) < 4.78 is 25.1. The zero-order chi connectivity index (χ0) is 22.0. The van der Waals surface area contributed by atoms with Crippen LogP contribution >= 0.6 is 0 Å². The third-order valence-electron chi connectivity index (χ3n) is 4.91. The number of hydrogen-bond acceptors (Lipinski definition) is 6. The largest absolute Gasteiger partial charge is 0.442 e. The summed E-state index contributed by atoms with van der Waals surface area (Å²) in [5, 5.41) is 6.49. The summed E-state index contributed by atoms with van der Waals surface area (Å²) in [5.74, 6) is 0.452. The Morgan fingerprint density at radius 2 is 2.03 bits per heavy atom. The molecule has 0 spiro atoms. The molecular weight excluding hydrogens is 403 g/mol. The predicted octanol–water partition coefficient (Wildman–Crippen LogP) is 3.24. The Hall–Kier alpha value is -3.75. The SMILES string of the molecule is CC(=O)NCC1CN(c2ccc(-c3ccc(Cc4noc(C)n4)cc3)c(F)c2)C(=O)O1. The van der Waals surface area contributed by atoms with Crippen molar-refractivity contribution in [1.82, 2.24) is 15.5 Å². The number of amides is 2. The van der Waals surface area contributed by atoms with Gasteiger partial charge >= 0.3 is 6.09 Å². The third kappa shape index (κ3) is 4.71. The summed E-state index contributed by atoms with van der Waals surface area (Å²) in [4.78, 5) is 28.7. The van der Waals surface area contributed by atoms with E-state index >= 15 is 0 Å². The van der Waals surface area contributed by atoms with E-state index in [2.05, 4.69) is 15.5 Å². The number of nitrogens with one attached hydrogen (secondary N) is 1. The minimum Gasteiger partial charge on any atom is -0.442 e. The Morgan fingerprint density at radius 3 is 2.68 bits per heavy atom. The van der Waals surface area contributed by atoms with Crippen LogP contribution in [0.4, 0.5) is 14.9 Å². The molecule has 1 fully saturated rings. The standard InChI is InChI=1S/C22H21FN4O4/c1-13(28)24-11-18-12-27(22(29)30-18)17-7-8-19(20(23)10-17)16-5-3-15(4-6-16)9-21-25-14(2)31-26-21/h3-8,10,18H,9,11-12H2,1-2H3,(H,24,28). The van der Waals surface area contributed by atoms with Gasteiger partial charge in [-0.05, 0) is 29.3 Å². The van der Waals surface area contributed by atoms with Gasteiger partial charge in [-0.3, -0.25) is 9.69 Å². The highest BCUT2D eigenvalue weighted by Crippen LogP contribution is 2.29. The van der Waals surface area contributed by atoms with Crippen LogP contribution in [0.3, 0.4) is 0 Å². The minimum atomic E-state index is -0.566. The molecule has 1 N–H and O–H groups in total. The molecule has 0 aliphatic carbocycles. The van der Waals surface area contributed by atoms with E-state index in [0.717, 1.165) is 5.56 Å². The summed E-state index contributed by atoms with van der Waals surface area (Å²) in [7, 11) is 0. The Kier molecular flexibility index (Phi) is 5.66. The van der Waals surface area contributed by atoms with Crippen LogP contribution in [0, 0.1) is 12.7 Å². The molecule has 0 bridgehead atoms. The molecule has 0 radical (unpaired) electrons. The number of aromatic nitrogens is 2. The van der Waals surface area contributed by atoms with Crippen LogP contribution in [0.2, 0.25) is 0 Å². The Morgan fingerprint density at radius 1 is 1.26 bits per heavy atom. The van der Waals surface area contributed by atoms with Crippen LogP contribution in [0.15, 0.2) is 47.0 Å². The third-order valence-corrected chi connectivity index (χ3v) is 4.91. The van der Waals surface area contributed by atoms with E-state index in [4.69, 9.17) is 9.26 Å². The summed E-state index contributed by atoms with van der Waals surface area (Å²) in [6, 6.07) is 12.1. The highest BCUT2D eigenvalue weighted by atomic mass is 19.1. The number of benzene rings is 2. The number of carbonyl (C=O) groups is 2. The van der Waals surface area contributed by atoms with Crippen molar-refractivity contribution in [3.63, 3.8) is 0 Å². The highest BCUT2D eigenvalue weighted by molar-refractivity contribution is 5.90. The van der Waals surface area contributed by atoms with Gasteiger partial charge < -0.3 is 14.6 Å². The molecule has 1 saturated heterocycles. The first-order chi connectivity index (χ1) is 14.9. The number of nitrogens with zero attached hydrogens (tertiary/aromatic N) is 3. The number of cyclic esters (lactones) is 1. The molecule has 160 valence electrons. The van der Waals surface area contributed by atoms with Crippen molar-refractivity contribution in [3.8, 4) is 11.1 Å². The first kappa shape index (κ1) is 20.5. The summed E-state index contributed by atoms with van der Waals surface area (Å²) in [6.07, 6.45) is -0.520. The zero-order valence-electron chi connectivity index (χ0n) is 17.1. The monoisotopic (exact) mass is 424 g/mol. The number of ether oxygens (including phenoxy) is 1. The van der Waals surface area contributed by atoms with Crippen LogP contribution in [-0.4, -0.2) is 41.3 Å². The number of hydrogen-bond donors (Lipinski definition) is 1. The normalized spacial score (nSPS) is 15.8. The van der Waals surface area contributed by atoms with E-state index in [1.54, 1.807) is 19.1 Å². The molecule has 2 aromatic carbocycles. The van der Waals surface area contributed by atoms with Gasteiger partial charge in [-0.2, -0.15) is 4.98 Å². The molecule has 2 amide bonds. The van der Waals surface area contributed by atoms with Gasteiger partial charge in [0.05, 0.1) is 18.8 Å². The van der Waals surface area contributed by atoms with E-state index in [-0.39, 0.29) is 19.0 Å². The van der Waals surface area contributed by atoms with Gasteiger partial charge in [-0.15, -0.1) is 0 Å². The van der Waals surface area contributed by atoms with E-state index < -0.39 is 18.0 Å². The highest BCUT2D eigenvalue weighted by Gasteiger charge is 2.32. The van der Waals surface area contributed by atoms with Crippen molar-refractivity contribution >= 4 is 17.7 Å². The number of carbonyl (C=O) groups excluding carboxylic acids is 2. The lowest BCUT2D eigenvalue weighted by Gasteiger charge is -2.14. The summed E-state index contributed by atoms with van der Waals surface area (Å²) in [6.45, 7) is 3.58. The van der Waals surface area contributed by atoms with Crippen LogP contribution < -0.4 is 10.2 Å². The van der Waals surface area contributed by atoms with Gasteiger partial charge in [-0.1, -0.05) is 29.4 Å². The fourth-order valence-electron chi connectivity index (χ4n) is 3.40. The van der Waals surface area contributed by atoms with Crippen molar-refractivity contribution in [2.75, 3.05) is 18.0 Å². The second kappa shape index (κ2) is 8.55. The Bertz CT molecular complexity index is 1110. The molecule has 1 aromatic heterocycles. The molecule has 1 aliphatic rings. The molecule has 31 heavy (non-hydrogen) atoms. The first-order valence-electron chi connectivity index (χ1n) is 9.79. The fourth-order valence-corrected chi connectivity index (χ4v) is 3.40. The van der Waals surface area contributed by atoms with E-state index in [1.807, 2.05) is 24.3 Å². The van der Waals surface area contributed by atoms with Crippen molar-refractivity contribution in [2.45, 2.75) is 26.4 Å². The fraction of sp³-hybridized carbons (Fsp3) is 0.273. The maximum atomic E-state index is 14.8. The van der Waals surface area contributed by atoms with Crippen LogP contribution in [0.5, 0.6) is 0 Å². The lowest BCUT2D eigenvalue weighted by Crippen LogP contribution is -2.33. The number of halogens is 1. The maximum Gasteiger partial charge on any atom is 0.414 e. The molecule has 8 nitrogen and oxygen atoms in total. The predicted molar refractivity (Wildman–Crippen MR) is 110 cm³/mol. The number of anilines is 1. The van der Waals surface area contributed by atoms with Crippen molar-refractivity contribution in [3.05, 3.63) is 65.6 Å². The number of aryl methyl sites for hydroxylation is 1. The minimum absolute atomic E-state index is 0.205. The lowest BCUT2D eigenvalue weighted by molar-refractivity contribution is -0.119. The van der Waals surface area contributed by atoms with Gasteiger partial charge in [0.25, 0.3) is 0 Å². The first-order valence-corrected chi connectivity index (χ1v) is 9.79. The van der Waals surface area contributed by atoms with Gasteiger partial charge in [0.2, 0.25) is 11.8 Å². The average Bonchev–Trinajstić information content (AvgIpc) is 3.32. The van der Waals surface area contributed by atoms with Crippen molar-refractivity contribution in [2.24, 2.45) is 0 Å². The van der Waals surface area contributed by atoms with Crippen LogP contribution in [0.25, 0.3) is 11.1 Å². The molecule has 2 heterocycles. The molecule has 0 saturated carbocycles. The molecule has 1 unspecified atom stereocenters. The Balaban J connectivity index is 1.46. The smallest absolute Gasteiger partial charge is 0.414 e. The zero-order valence-corrected chi connectivity index (χ0v) is 17.1. The van der Waals surface area contributed by atoms with Crippen LogP contribution in [-0.2, 0) is 16.0 Å². The van der Waals surface area contributed by atoms with E-state index in [1.165, 1.54) is 17.9 Å². The Labute approximate surface area is 178 Å². The molecule has 1 atom stereocenters. The molecule has 4 rings (SSSR count). The second-order valence-corrected chi connectivity index (χ2v) is 7.32. The van der Waals surface area contributed by atoms with E-state index in [9.17, 15) is 14.0 Å². The summed E-state index contributed by atoms with van der Waals surface area (Å²) in [5.41, 5.74) is 2.52. The summed E-state index contributed by atoms with van der Waals surface area (Å²) >= 11 is 0. The van der Waals surface area contributed by atoms with Gasteiger partial charge in [0.1, 0.15) is 11.9 Å². The topological polar surface area (TPSA) is 97.6 Å². The van der Waals surface area contributed by atoms with Gasteiger partial charge in [0, 0.05) is 25.8 Å². The van der Waals surface area contributed by atoms with Crippen molar-refractivity contribution < 1.29 is 23.2 Å². The second-order valence-electron chi connectivity index (χ2n) is 7.32. The van der Waals surface area contributed by atoms with Gasteiger partial charge in [0.15, 0.2) is 5.82 Å². The lowest BCUT2D eigenvalue weighted by atomic mass is 10.0. The quantitative estimate of drug-likeness (QED) is 0.653. The average molecular weight is 424 g/mol. The molecule has 1 aliphatic heterocycles. The number of rotatable bonds is 6. The molecule has 3 aromatic rings. The van der Waals surface area contributed by atoms with E-state index in [0.29, 0.717) is 35.0 Å². The van der Waals surface area contributed by atoms with Crippen LogP contribution in [0.1, 0.15) is 24.2 Å². The van der Waals surface area contributed by atoms with Crippen molar-refractivity contribution in [1.29, 1.82) is 0 Å². The van der Waals surface area contributed by atoms with Gasteiger partial charge in [-0.25, -0.2) is 9.18 Å². The molecular formula is C22H21FN4O4. The molecule has 9 heteroatoms.